The van der Waals surface area contributed by atoms with E-state index >= 15 is 0 Å². The zero-order chi connectivity index (χ0) is 15.4. The van der Waals surface area contributed by atoms with Crippen LogP contribution in [-0.2, 0) is 4.79 Å². The van der Waals surface area contributed by atoms with Crippen molar-refractivity contribution in [3.8, 4) is 11.4 Å². The second-order valence-electron chi connectivity index (χ2n) is 4.62. The van der Waals surface area contributed by atoms with Crippen LogP contribution in [0.15, 0.2) is 18.2 Å². The molecule has 0 saturated carbocycles. The van der Waals surface area contributed by atoms with Crippen molar-refractivity contribution in [2.75, 3.05) is 0 Å². The highest BCUT2D eigenvalue weighted by Gasteiger charge is 2.21. The van der Waals surface area contributed by atoms with Crippen molar-refractivity contribution in [2.24, 2.45) is 0 Å². The first-order valence-electron chi connectivity index (χ1n) is 6.48. The second kappa shape index (κ2) is 6.62. The van der Waals surface area contributed by atoms with Gasteiger partial charge in [0.25, 0.3) is 0 Å². The van der Waals surface area contributed by atoms with E-state index in [1.807, 2.05) is 6.92 Å². The van der Waals surface area contributed by atoms with Gasteiger partial charge in [-0.1, -0.05) is 24.9 Å². The highest BCUT2D eigenvalue weighted by atomic mass is 35.5. The van der Waals surface area contributed by atoms with Crippen molar-refractivity contribution in [2.45, 2.75) is 32.2 Å². The van der Waals surface area contributed by atoms with Gasteiger partial charge in [0.15, 0.2) is 5.82 Å². The summed E-state index contributed by atoms with van der Waals surface area (Å²) < 4.78 is 14.7. The predicted molar refractivity (Wildman–Crippen MR) is 74.4 cm³/mol. The molecular formula is C13H14ClFN4O2. The molecule has 0 aliphatic heterocycles. The third kappa shape index (κ3) is 3.55. The molecule has 0 fully saturated rings. The Bertz CT molecular complexity index is 647. The van der Waals surface area contributed by atoms with E-state index in [0.29, 0.717) is 17.8 Å². The molecule has 0 amide bonds. The molecule has 2 rings (SSSR count). The second-order valence-corrected chi connectivity index (χ2v) is 5.02. The average molecular weight is 313 g/mol. The maximum Gasteiger partial charge on any atom is 0.305 e. The molecule has 8 heteroatoms. The summed E-state index contributed by atoms with van der Waals surface area (Å²) in [6.07, 6.45) is 1.33. The number of carboxylic acid groups (broad SMARTS) is 1. The van der Waals surface area contributed by atoms with Gasteiger partial charge in [-0.05, 0) is 35.0 Å². The lowest BCUT2D eigenvalue weighted by molar-refractivity contribution is -0.138. The summed E-state index contributed by atoms with van der Waals surface area (Å²) in [6, 6.07) is 3.79. The zero-order valence-corrected chi connectivity index (χ0v) is 12.1. The van der Waals surface area contributed by atoms with Crippen molar-refractivity contribution in [1.82, 2.24) is 20.2 Å². The van der Waals surface area contributed by atoms with Crippen LogP contribution in [0.2, 0.25) is 5.02 Å². The molecule has 0 saturated heterocycles. The van der Waals surface area contributed by atoms with Gasteiger partial charge in [0.2, 0.25) is 0 Å². The Balaban J connectivity index is 2.39. The Labute approximate surface area is 125 Å². The summed E-state index contributed by atoms with van der Waals surface area (Å²) in [5, 5.41) is 20.3. The van der Waals surface area contributed by atoms with Gasteiger partial charge in [0, 0.05) is 5.56 Å². The van der Waals surface area contributed by atoms with Gasteiger partial charge in [-0.3, -0.25) is 4.79 Å². The van der Waals surface area contributed by atoms with Crippen LogP contribution in [0.1, 0.15) is 32.2 Å². The van der Waals surface area contributed by atoms with E-state index in [1.165, 1.54) is 22.9 Å². The first-order chi connectivity index (χ1) is 10.0. The SMILES string of the molecule is CCCC(CC(=O)O)n1nnnc1-c1ccc(F)c(Cl)c1. The molecule has 1 N–H and O–H groups in total. The molecule has 0 aliphatic rings. The first-order valence-corrected chi connectivity index (χ1v) is 6.85. The van der Waals surface area contributed by atoms with Crippen LogP contribution in [0.25, 0.3) is 11.4 Å². The minimum Gasteiger partial charge on any atom is -0.481 e. The van der Waals surface area contributed by atoms with E-state index in [1.54, 1.807) is 0 Å². The Kier molecular flexibility index (Phi) is 4.85. The summed E-state index contributed by atoms with van der Waals surface area (Å²) in [4.78, 5) is 11.0. The number of benzene rings is 1. The zero-order valence-electron chi connectivity index (χ0n) is 11.3. The molecule has 1 unspecified atom stereocenters. The fourth-order valence-corrected chi connectivity index (χ4v) is 2.29. The van der Waals surface area contributed by atoms with Crippen molar-refractivity contribution in [1.29, 1.82) is 0 Å². The smallest absolute Gasteiger partial charge is 0.305 e. The Morgan fingerprint density at radius 2 is 2.29 bits per heavy atom. The van der Waals surface area contributed by atoms with Gasteiger partial charge in [0.1, 0.15) is 5.82 Å². The van der Waals surface area contributed by atoms with Gasteiger partial charge in [-0.15, -0.1) is 5.10 Å². The number of carbonyl (C=O) groups is 1. The molecule has 0 bridgehead atoms. The monoisotopic (exact) mass is 312 g/mol. The van der Waals surface area contributed by atoms with Crippen LogP contribution in [0.3, 0.4) is 0 Å². The molecule has 21 heavy (non-hydrogen) atoms. The van der Waals surface area contributed by atoms with E-state index in [2.05, 4.69) is 15.5 Å². The van der Waals surface area contributed by atoms with Gasteiger partial charge in [0.05, 0.1) is 17.5 Å². The molecule has 1 aromatic heterocycles. The number of aliphatic carboxylic acids is 1. The summed E-state index contributed by atoms with van der Waals surface area (Å²) in [5.41, 5.74) is 0.540. The number of hydrogen-bond acceptors (Lipinski definition) is 4. The minimum atomic E-state index is -0.924. The molecule has 1 heterocycles. The highest BCUT2D eigenvalue weighted by Crippen LogP contribution is 2.27. The van der Waals surface area contributed by atoms with E-state index in [-0.39, 0.29) is 17.5 Å². The molecule has 0 aliphatic carbocycles. The van der Waals surface area contributed by atoms with Crippen LogP contribution >= 0.6 is 11.6 Å². The van der Waals surface area contributed by atoms with E-state index < -0.39 is 11.8 Å². The van der Waals surface area contributed by atoms with Crippen LogP contribution in [-0.4, -0.2) is 31.3 Å². The highest BCUT2D eigenvalue weighted by molar-refractivity contribution is 6.31. The fourth-order valence-electron chi connectivity index (χ4n) is 2.11. The largest absolute Gasteiger partial charge is 0.481 e. The Morgan fingerprint density at radius 3 is 2.90 bits per heavy atom. The van der Waals surface area contributed by atoms with Gasteiger partial charge in [-0.25, -0.2) is 9.07 Å². The fraction of sp³-hybridized carbons (Fsp3) is 0.385. The van der Waals surface area contributed by atoms with Crippen molar-refractivity contribution in [3.63, 3.8) is 0 Å². The molecule has 2 aromatic rings. The molecule has 1 aromatic carbocycles. The van der Waals surface area contributed by atoms with Crippen molar-refractivity contribution in [3.05, 3.63) is 29.0 Å². The third-order valence-electron chi connectivity index (χ3n) is 3.05. The van der Waals surface area contributed by atoms with Gasteiger partial charge < -0.3 is 5.11 Å². The Hall–Kier alpha value is -2.02. The van der Waals surface area contributed by atoms with Gasteiger partial charge in [-0.2, -0.15) is 0 Å². The summed E-state index contributed by atoms with van der Waals surface area (Å²) in [7, 11) is 0. The molecule has 1 atom stereocenters. The van der Waals surface area contributed by atoms with Crippen LogP contribution < -0.4 is 0 Å². The number of aromatic nitrogens is 4. The number of halogens is 2. The minimum absolute atomic E-state index is 0.0349. The topological polar surface area (TPSA) is 80.9 Å². The maximum absolute atomic E-state index is 13.2. The normalized spacial score (nSPS) is 12.3. The first kappa shape index (κ1) is 15.4. The van der Waals surface area contributed by atoms with E-state index in [0.717, 1.165) is 6.42 Å². The maximum atomic E-state index is 13.2. The summed E-state index contributed by atoms with van der Waals surface area (Å²) >= 11 is 5.76. The Morgan fingerprint density at radius 1 is 1.52 bits per heavy atom. The van der Waals surface area contributed by atoms with Crippen molar-refractivity contribution >= 4 is 17.6 Å². The van der Waals surface area contributed by atoms with Gasteiger partial charge >= 0.3 is 5.97 Å². The van der Waals surface area contributed by atoms with E-state index in [9.17, 15) is 9.18 Å². The lowest BCUT2D eigenvalue weighted by atomic mass is 10.1. The molecule has 112 valence electrons. The molecular weight excluding hydrogens is 299 g/mol. The number of nitrogens with zero attached hydrogens (tertiary/aromatic N) is 4. The number of hydrogen-bond donors (Lipinski definition) is 1. The molecule has 0 spiro atoms. The number of carboxylic acids is 1. The standard InChI is InChI=1S/C13H14ClFN4O2/c1-2-3-9(7-12(20)21)19-13(16-17-18-19)8-4-5-11(15)10(14)6-8/h4-6,9H,2-3,7H2,1H3,(H,20,21). The quantitative estimate of drug-likeness (QED) is 0.887. The predicted octanol–water partition coefficient (Wildman–Crippen LogP) is 2.95. The number of tetrazole rings is 1. The lowest BCUT2D eigenvalue weighted by Crippen LogP contribution is -2.16. The third-order valence-corrected chi connectivity index (χ3v) is 3.34. The molecule has 6 nitrogen and oxygen atoms in total. The molecule has 0 radical (unpaired) electrons. The summed E-state index contributed by atoms with van der Waals surface area (Å²) in [5.74, 6) is -1.08. The van der Waals surface area contributed by atoms with Crippen LogP contribution in [0.5, 0.6) is 0 Å². The van der Waals surface area contributed by atoms with Crippen LogP contribution in [0, 0.1) is 5.82 Å². The average Bonchev–Trinajstić information content (AvgIpc) is 2.90. The number of rotatable bonds is 6. The van der Waals surface area contributed by atoms with Crippen LogP contribution in [0.4, 0.5) is 4.39 Å². The van der Waals surface area contributed by atoms with Crippen molar-refractivity contribution < 1.29 is 14.3 Å². The summed E-state index contributed by atoms with van der Waals surface area (Å²) in [6.45, 7) is 1.95. The lowest BCUT2D eigenvalue weighted by Gasteiger charge is -2.15. The van der Waals surface area contributed by atoms with E-state index in [4.69, 9.17) is 16.7 Å².